The van der Waals surface area contributed by atoms with E-state index < -0.39 is 12.1 Å². The molecule has 11 heavy (non-hydrogen) atoms. The first-order valence-corrected chi connectivity index (χ1v) is 3.27. The molecule has 0 radical (unpaired) electrons. The number of carbonyl (C=O) groups is 1. The zero-order chi connectivity index (χ0) is 8.69. The zero-order valence-electron chi connectivity index (χ0n) is 6.49. The second-order valence-electron chi connectivity index (χ2n) is 1.99. The highest BCUT2D eigenvalue weighted by Crippen LogP contribution is 1.88. The number of hydrogen-bond donors (Lipinski definition) is 1. The molecule has 0 aromatic heterocycles. The fraction of sp³-hybridized carbons (Fsp3) is 0.375. The topological polar surface area (TPSA) is 46.5 Å². The van der Waals surface area contributed by atoms with Crippen LogP contribution in [0.3, 0.4) is 0 Å². The number of aliphatic hydroxyl groups is 1. The molecular formula is C8H12O3. The summed E-state index contributed by atoms with van der Waals surface area (Å²) in [6.45, 7) is 4.72. The van der Waals surface area contributed by atoms with Crippen LogP contribution in [0.2, 0.25) is 0 Å². The van der Waals surface area contributed by atoms with E-state index in [9.17, 15) is 4.79 Å². The minimum absolute atomic E-state index is 0.000324. The molecule has 0 heterocycles. The van der Waals surface area contributed by atoms with Crippen LogP contribution in [-0.2, 0) is 9.53 Å². The maximum atomic E-state index is 10.2. The quantitative estimate of drug-likeness (QED) is 0.480. The first-order valence-electron chi connectivity index (χ1n) is 3.27. The lowest BCUT2D eigenvalue weighted by Crippen LogP contribution is -2.14. The monoisotopic (exact) mass is 156 g/mol. The van der Waals surface area contributed by atoms with Crippen molar-refractivity contribution in [1.29, 1.82) is 0 Å². The van der Waals surface area contributed by atoms with Crippen LogP contribution in [0.15, 0.2) is 24.8 Å². The highest BCUT2D eigenvalue weighted by atomic mass is 16.5. The molecule has 3 nitrogen and oxygen atoms in total. The van der Waals surface area contributed by atoms with Crippen LogP contribution in [0.1, 0.15) is 6.92 Å². The highest BCUT2D eigenvalue weighted by Gasteiger charge is 1.99. The summed E-state index contributed by atoms with van der Waals surface area (Å²) in [6.07, 6.45) is 3.89. The van der Waals surface area contributed by atoms with Gasteiger partial charge in [-0.25, -0.2) is 0 Å². The summed E-state index contributed by atoms with van der Waals surface area (Å²) in [4.78, 5) is 10.2. The Hall–Kier alpha value is -1.09. The Kier molecular flexibility index (Phi) is 5.11. The third-order valence-corrected chi connectivity index (χ3v) is 0.927. The van der Waals surface area contributed by atoms with Gasteiger partial charge in [0.15, 0.2) is 0 Å². The molecule has 0 aromatic rings. The predicted octanol–water partition coefficient (Wildman–Crippen LogP) is 0.653. The summed E-state index contributed by atoms with van der Waals surface area (Å²) in [5.74, 6) is -0.393. The molecule has 3 heteroatoms. The van der Waals surface area contributed by atoms with E-state index in [1.54, 1.807) is 6.08 Å². The summed E-state index contributed by atoms with van der Waals surface area (Å²) >= 11 is 0. The van der Waals surface area contributed by atoms with Crippen molar-refractivity contribution >= 4 is 5.97 Å². The Morgan fingerprint density at radius 1 is 1.82 bits per heavy atom. The lowest BCUT2D eigenvalue weighted by atomic mass is 10.3. The molecule has 0 saturated carbocycles. The molecule has 0 fully saturated rings. The second kappa shape index (κ2) is 5.68. The van der Waals surface area contributed by atoms with E-state index in [4.69, 9.17) is 5.11 Å². The zero-order valence-corrected chi connectivity index (χ0v) is 6.49. The van der Waals surface area contributed by atoms with E-state index in [1.165, 1.54) is 19.1 Å². The number of esters is 1. The number of aliphatic hydroxyl groups excluding tert-OH is 1. The van der Waals surface area contributed by atoms with Crippen molar-refractivity contribution in [3.63, 3.8) is 0 Å². The van der Waals surface area contributed by atoms with Gasteiger partial charge >= 0.3 is 5.97 Å². The summed E-state index contributed by atoms with van der Waals surface area (Å²) in [5, 5.41) is 9.02. The van der Waals surface area contributed by atoms with Gasteiger partial charge in [-0.3, -0.25) is 4.79 Å². The number of allylic oxidation sites excluding steroid dienone is 2. The number of carbonyl (C=O) groups excluding carboxylic acids is 1. The smallest absolute Gasteiger partial charge is 0.302 e. The first-order chi connectivity index (χ1) is 5.16. The van der Waals surface area contributed by atoms with E-state index in [0.29, 0.717) is 0 Å². The minimum atomic E-state index is -0.739. The van der Waals surface area contributed by atoms with Crippen molar-refractivity contribution in [2.24, 2.45) is 0 Å². The van der Waals surface area contributed by atoms with Gasteiger partial charge in [-0.15, -0.1) is 0 Å². The van der Waals surface area contributed by atoms with E-state index in [-0.39, 0.29) is 6.61 Å². The number of ether oxygens (including phenoxy) is 1. The summed E-state index contributed by atoms with van der Waals surface area (Å²) < 4.78 is 4.53. The van der Waals surface area contributed by atoms with Gasteiger partial charge in [0.05, 0.1) is 0 Å². The molecule has 0 spiro atoms. The lowest BCUT2D eigenvalue weighted by Gasteiger charge is -2.03. The Morgan fingerprint density at radius 2 is 2.45 bits per heavy atom. The third-order valence-electron chi connectivity index (χ3n) is 0.927. The molecule has 0 bridgehead atoms. The van der Waals surface area contributed by atoms with Gasteiger partial charge in [0.25, 0.3) is 0 Å². The van der Waals surface area contributed by atoms with Gasteiger partial charge in [0.1, 0.15) is 12.7 Å². The van der Waals surface area contributed by atoms with Crippen LogP contribution in [0.25, 0.3) is 0 Å². The van der Waals surface area contributed by atoms with Crippen molar-refractivity contribution in [3.8, 4) is 0 Å². The molecule has 1 unspecified atom stereocenters. The normalized spacial score (nSPS) is 12.9. The molecule has 0 aliphatic heterocycles. The van der Waals surface area contributed by atoms with Crippen LogP contribution in [-0.4, -0.2) is 23.8 Å². The molecular weight excluding hydrogens is 144 g/mol. The molecule has 0 aliphatic rings. The Balaban J connectivity index is 3.51. The van der Waals surface area contributed by atoms with Gasteiger partial charge in [-0.05, 0) is 0 Å². The van der Waals surface area contributed by atoms with Crippen LogP contribution in [0.4, 0.5) is 0 Å². The van der Waals surface area contributed by atoms with Gasteiger partial charge in [0.2, 0.25) is 0 Å². The van der Waals surface area contributed by atoms with E-state index >= 15 is 0 Å². The number of rotatable bonds is 4. The summed E-state index contributed by atoms with van der Waals surface area (Å²) in [7, 11) is 0. The molecule has 0 aromatic carbocycles. The minimum Gasteiger partial charge on any atom is -0.463 e. The highest BCUT2D eigenvalue weighted by molar-refractivity contribution is 5.65. The Bertz CT molecular complexity index is 161. The second-order valence-corrected chi connectivity index (χ2v) is 1.99. The standard InChI is InChI=1S/C8H12O3/c1-3-4-5-8(10)6-11-7(2)9/h3-5,8,10H,1,6H2,2H3. The molecule has 1 atom stereocenters. The first kappa shape index (κ1) is 9.91. The van der Waals surface area contributed by atoms with Crippen molar-refractivity contribution < 1.29 is 14.6 Å². The lowest BCUT2D eigenvalue weighted by molar-refractivity contribution is -0.143. The van der Waals surface area contributed by atoms with Crippen LogP contribution >= 0.6 is 0 Å². The number of hydrogen-bond acceptors (Lipinski definition) is 3. The molecule has 0 rings (SSSR count). The SMILES string of the molecule is C=CC=CC(O)COC(C)=O. The molecule has 0 aliphatic carbocycles. The summed E-state index contributed by atoms with van der Waals surface area (Å²) in [5.41, 5.74) is 0. The van der Waals surface area contributed by atoms with Crippen LogP contribution in [0.5, 0.6) is 0 Å². The molecule has 0 saturated heterocycles. The fourth-order valence-electron chi connectivity index (χ4n) is 0.465. The van der Waals surface area contributed by atoms with Crippen molar-refractivity contribution in [3.05, 3.63) is 24.8 Å². The van der Waals surface area contributed by atoms with Crippen LogP contribution in [0, 0.1) is 0 Å². The maximum absolute atomic E-state index is 10.2. The average Bonchev–Trinajstić information content (AvgIpc) is 1.97. The average molecular weight is 156 g/mol. The predicted molar refractivity (Wildman–Crippen MR) is 42.0 cm³/mol. The molecule has 62 valence electrons. The Labute approximate surface area is 66.0 Å². The molecule has 0 amide bonds. The van der Waals surface area contributed by atoms with Crippen molar-refractivity contribution in [1.82, 2.24) is 0 Å². The van der Waals surface area contributed by atoms with Gasteiger partial charge in [-0.1, -0.05) is 24.8 Å². The van der Waals surface area contributed by atoms with Gasteiger partial charge in [-0.2, -0.15) is 0 Å². The van der Waals surface area contributed by atoms with E-state index in [1.807, 2.05) is 0 Å². The fourth-order valence-corrected chi connectivity index (χ4v) is 0.465. The van der Waals surface area contributed by atoms with Gasteiger partial charge < -0.3 is 9.84 Å². The van der Waals surface area contributed by atoms with E-state index in [0.717, 1.165) is 0 Å². The summed E-state index contributed by atoms with van der Waals surface area (Å²) in [6, 6.07) is 0. The molecule has 1 N–H and O–H groups in total. The Morgan fingerprint density at radius 3 is 2.91 bits per heavy atom. The van der Waals surface area contributed by atoms with Crippen molar-refractivity contribution in [2.45, 2.75) is 13.0 Å². The van der Waals surface area contributed by atoms with Crippen LogP contribution < -0.4 is 0 Å². The largest absolute Gasteiger partial charge is 0.463 e. The van der Waals surface area contributed by atoms with Crippen molar-refractivity contribution in [2.75, 3.05) is 6.61 Å². The third kappa shape index (κ3) is 6.80. The van der Waals surface area contributed by atoms with Gasteiger partial charge in [0, 0.05) is 6.92 Å². The van der Waals surface area contributed by atoms with E-state index in [2.05, 4.69) is 11.3 Å². The maximum Gasteiger partial charge on any atom is 0.302 e.